The van der Waals surface area contributed by atoms with E-state index >= 15 is 0 Å². The zero-order valence-electron chi connectivity index (χ0n) is 6.80. The molecule has 0 amide bonds. The smallest absolute Gasteiger partial charge is 0.346 e. The van der Waals surface area contributed by atoms with Crippen LogP contribution in [0, 0.1) is 11.3 Å². The Morgan fingerprint density at radius 1 is 1.85 bits per heavy atom. The number of nitrogens with zero attached hydrogens (tertiary/aromatic N) is 4. The van der Waals surface area contributed by atoms with Gasteiger partial charge >= 0.3 is 5.97 Å². The first kappa shape index (κ1) is 8.93. The number of aromatic nitrogens is 3. The van der Waals surface area contributed by atoms with Crippen molar-refractivity contribution < 1.29 is 9.90 Å². The van der Waals surface area contributed by atoms with E-state index in [1.54, 1.807) is 13.1 Å². The van der Waals surface area contributed by atoms with Crippen molar-refractivity contribution in [2.45, 2.75) is 0 Å². The number of carbonyl (C=O) groups is 1. The molecular formula is C7H6N4O2. The summed E-state index contributed by atoms with van der Waals surface area (Å²) in [5.41, 5.74) is -0.0121. The van der Waals surface area contributed by atoms with Crippen molar-refractivity contribution in [1.82, 2.24) is 15.0 Å². The van der Waals surface area contributed by atoms with Crippen LogP contribution in [0.5, 0.6) is 0 Å². The predicted octanol–water partition coefficient (Wildman–Crippen LogP) is -0.193. The van der Waals surface area contributed by atoms with Gasteiger partial charge in [-0.15, -0.1) is 0 Å². The molecule has 0 fully saturated rings. The van der Waals surface area contributed by atoms with Gasteiger partial charge in [0, 0.05) is 7.05 Å². The molecule has 1 N–H and O–H groups in total. The summed E-state index contributed by atoms with van der Waals surface area (Å²) < 4.78 is 0. The number of rotatable bonds is 2. The fourth-order valence-corrected chi connectivity index (χ4v) is 0.717. The van der Waals surface area contributed by atoms with E-state index in [4.69, 9.17) is 10.4 Å². The first-order valence-corrected chi connectivity index (χ1v) is 3.35. The zero-order chi connectivity index (χ0) is 9.84. The Bertz CT molecular complexity index is 399. The topological polar surface area (TPSA) is 91.8 Å². The summed E-state index contributed by atoms with van der Waals surface area (Å²) in [7, 11) is 1.60. The number of carboxylic acid groups (broad SMARTS) is 1. The van der Waals surface area contributed by atoms with E-state index in [0.717, 1.165) is 6.08 Å². The second kappa shape index (κ2) is 3.49. The fourth-order valence-electron chi connectivity index (χ4n) is 0.717. The lowest BCUT2D eigenvalue weighted by Crippen LogP contribution is -1.98. The number of carboxylic acids is 1. The van der Waals surface area contributed by atoms with E-state index < -0.39 is 5.97 Å². The van der Waals surface area contributed by atoms with Gasteiger partial charge in [-0.2, -0.15) is 20.3 Å². The Balaban J connectivity index is 3.00. The molecule has 6 nitrogen and oxygen atoms in total. The molecule has 0 saturated heterocycles. The second-order valence-corrected chi connectivity index (χ2v) is 2.23. The fraction of sp³-hybridized carbons (Fsp3) is 0.143. The van der Waals surface area contributed by atoms with E-state index in [2.05, 4.69) is 10.2 Å². The van der Waals surface area contributed by atoms with E-state index in [9.17, 15) is 4.79 Å². The highest BCUT2D eigenvalue weighted by Crippen LogP contribution is 2.01. The van der Waals surface area contributed by atoms with Crippen LogP contribution in [0.4, 0.5) is 0 Å². The highest BCUT2D eigenvalue weighted by atomic mass is 16.4. The largest absolute Gasteiger partial charge is 0.477 e. The number of hydrogen-bond donors (Lipinski definition) is 1. The first-order valence-electron chi connectivity index (χ1n) is 3.35. The predicted molar refractivity (Wildman–Crippen MR) is 42.2 cm³/mol. The Hall–Kier alpha value is -2.16. The van der Waals surface area contributed by atoms with Crippen LogP contribution in [0.15, 0.2) is 11.8 Å². The number of aliphatic carboxylic acids is 1. The van der Waals surface area contributed by atoms with Gasteiger partial charge in [-0.05, 0) is 6.08 Å². The monoisotopic (exact) mass is 178 g/mol. The van der Waals surface area contributed by atoms with Crippen molar-refractivity contribution in [2.75, 3.05) is 0 Å². The third-order valence-electron chi connectivity index (χ3n) is 1.26. The van der Waals surface area contributed by atoms with Gasteiger partial charge in [0.05, 0.1) is 6.20 Å². The molecule has 1 rings (SSSR count). The average Bonchev–Trinajstić information content (AvgIpc) is 2.46. The molecule has 1 aromatic heterocycles. The highest BCUT2D eigenvalue weighted by molar-refractivity contribution is 5.96. The van der Waals surface area contributed by atoms with E-state index in [0.29, 0.717) is 5.69 Å². The molecule has 0 aliphatic carbocycles. The molecule has 0 bridgehead atoms. The molecule has 1 heterocycles. The van der Waals surface area contributed by atoms with Gasteiger partial charge in [-0.25, -0.2) is 4.79 Å². The minimum absolute atomic E-state index is 0.349. The maximum absolute atomic E-state index is 10.4. The summed E-state index contributed by atoms with van der Waals surface area (Å²) in [6, 6.07) is 1.54. The third kappa shape index (κ3) is 2.13. The zero-order valence-corrected chi connectivity index (χ0v) is 6.80. The van der Waals surface area contributed by atoms with Crippen LogP contribution in [0.25, 0.3) is 6.08 Å². The van der Waals surface area contributed by atoms with Gasteiger partial charge in [-0.3, -0.25) is 0 Å². The molecule has 0 radical (unpaired) electrons. The Labute approximate surface area is 73.7 Å². The van der Waals surface area contributed by atoms with Crippen molar-refractivity contribution in [3.05, 3.63) is 17.5 Å². The Kier molecular flexibility index (Phi) is 2.40. The lowest BCUT2D eigenvalue weighted by Gasteiger charge is -1.86. The van der Waals surface area contributed by atoms with Gasteiger partial charge in [-0.1, -0.05) is 0 Å². The molecule has 0 aliphatic rings. The molecule has 0 aliphatic heterocycles. The summed E-state index contributed by atoms with van der Waals surface area (Å²) in [5.74, 6) is -1.27. The molecular weight excluding hydrogens is 172 g/mol. The molecule has 6 heteroatoms. The van der Waals surface area contributed by atoms with Crippen molar-refractivity contribution in [3.8, 4) is 6.07 Å². The number of hydrogen-bond acceptors (Lipinski definition) is 4. The van der Waals surface area contributed by atoms with Gasteiger partial charge < -0.3 is 5.11 Å². The Morgan fingerprint density at radius 2 is 2.54 bits per heavy atom. The minimum atomic E-state index is -1.27. The maximum atomic E-state index is 10.4. The van der Waals surface area contributed by atoms with Gasteiger partial charge in [0.1, 0.15) is 17.3 Å². The minimum Gasteiger partial charge on any atom is -0.477 e. The molecule has 66 valence electrons. The molecule has 0 unspecified atom stereocenters. The summed E-state index contributed by atoms with van der Waals surface area (Å²) in [5, 5.41) is 24.4. The third-order valence-corrected chi connectivity index (χ3v) is 1.26. The van der Waals surface area contributed by atoms with Crippen LogP contribution in [0.3, 0.4) is 0 Å². The lowest BCUT2D eigenvalue weighted by molar-refractivity contribution is -0.132. The molecule has 0 atom stereocenters. The van der Waals surface area contributed by atoms with Crippen LogP contribution in [-0.2, 0) is 11.8 Å². The second-order valence-electron chi connectivity index (χ2n) is 2.23. The van der Waals surface area contributed by atoms with Crippen molar-refractivity contribution in [2.24, 2.45) is 7.05 Å². The quantitative estimate of drug-likeness (QED) is 0.500. The highest BCUT2D eigenvalue weighted by Gasteiger charge is 2.06. The summed E-state index contributed by atoms with van der Waals surface area (Å²) >= 11 is 0. The van der Waals surface area contributed by atoms with Crippen LogP contribution in [0.1, 0.15) is 5.69 Å². The van der Waals surface area contributed by atoms with E-state index in [1.165, 1.54) is 11.0 Å². The van der Waals surface area contributed by atoms with Crippen molar-refractivity contribution >= 4 is 12.0 Å². The Morgan fingerprint density at radius 3 is 2.92 bits per heavy atom. The van der Waals surface area contributed by atoms with Crippen molar-refractivity contribution in [1.29, 1.82) is 5.26 Å². The number of nitriles is 1. The number of aryl methyl sites for hydroxylation is 1. The molecule has 0 aromatic carbocycles. The van der Waals surface area contributed by atoms with Gasteiger partial charge in [0.2, 0.25) is 0 Å². The normalized spacial score (nSPS) is 10.9. The van der Waals surface area contributed by atoms with Gasteiger partial charge in [0.15, 0.2) is 0 Å². The summed E-state index contributed by atoms with van der Waals surface area (Å²) in [4.78, 5) is 11.7. The van der Waals surface area contributed by atoms with E-state index in [1.807, 2.05) is 0 Å². The first-order chi connectivity index (χ1) is 6.13. The average molecular weight is 178 g/mol. The van der Waals surface area contributed by atoms with Crippen LogP contribution in [0.2, 0.25) is 0 Å². The molecule has 13 heavy (non-hydrogen) atoms. The standard InChI is InChI=1S/C7H6N4O2/c1-11-9-4-6(10-11)2-5(3-8)7(12)13/h2,4H,1H3,(H,12,13)/b5-2-. The van der Waals surface area contributed by atoms with Crippen molar-refractivity contribution in [3.63, 3.8) is 0 Å². The maximum Gasteiger partial charge on any atom is 0.346 e. The van der Waals surface area contributed by atoms with Crippen LogP contribution >= 0.6 is 0 Å². The molecule has 0 saturated carbocycles. The lowest BCUT2D eigenvalue weighted by atomic mass is 10.2. The molecule has 1 aromatic rings. The van der Waals surface area contributed by atoms with Crippen LogP contribution < -0.4 is 0 Å². The summed E-state index contributed by atoms with van der Waals surface area (Å²) in [6.45, 7) is 0. The summed E-state index contributed by atoms with van der Waals surface area (Å²) in [6.07, 6.45) is 2.54. The van der Waals surface area contributed by atoms with Crippen LogP contribution in [-0.4, -0.2) is 26.1 Å². The molecule has 0 spiro atoms. The SMILES string of the molecule is Cn1ncc(/C=C(/C#N)C(=O)O)n1. The van der Waals surface area contributed by atoms with Gasteiger partial charge in [0.25, 0.3) is 0 Å². The van der Waals surface area contributed by atoms with E-state index in [-0.39, 0.29) is 5.57 Å².